The summed E-state index contributed by atoms with van der Waals surface area (Å²) in [7, 11) is 0. The quantitative estimate of drug-likeness (QED) is 0.0759. The fourth-order valence-electron chi connectivity index (χ4n) is 5.11. The molecule has 1 aliphatic rings. The largest absolute Gasteiger partial charge is 0.445 e. The number of Topliss-reactive ketones (excluding diaryl/α,β-unsaturated/α-hetero) is 1. The Hall–Kier alpha value is -6.03. The van der Waals surface area contributed by atoms with Crippen LogP contribution < -0.4 is 4.90 Å². The molecule has 0 spiro atoms. The average molecular weight is 572 g/mol. The SMILES string of the molecule is Cc1nc2ccccc2c2c1C(=O)N(c1cccc(C(=O)OC(C(=O)c3ccccc3)c3ccc([N+](=O)[O-])cc3)c1)C2=O. The van der Waals surface area contributed by atoms with Gasteiger partial charge in [-0.05, 0) is 43.3 Å². The number of carbonyl (C=O) groups excluding carboxylic acids is 4. The molecule has 0 fully saturated rings. The number of anilines is 1. The normalized spacial score (nSPS) is 13.1. The number of nitrogens with zero attached hydrogens (tertiary/aromatic N) is 3. The smallest absolute Gasteiger partial charge is 0.339 e. The molecule has 1 aliphatic heterocycles. The Kier molecular flexibility index (Phi) is 6.79. The molecule has 6 rings (SSSR count). The van der Waals surface area contributed by atoms with E-state index in [2.05, 4.69) is 4.98 Å². The van der Waals surface area contributed by atoms with E-state index in [1.165, 1.54) is 48.5 Å². The maximum absolute atomic E-state index is 13.6. The van der Waals surface area contributed by atoms with Crippen LogP contribution in [0.1, 0.15) is 58.8 Å². The van der Waals surface area contributed by atoms with Gasteiger partial charge in [0, 0.05) is 28.6 Å². The van der Waals surface area contributed by atoms with Crippen LogP contribution in [0.2, 0.25) is 0 Å². The monoisotopic (exact) mass is 571 g/mol. The van der Waals surface area contributed by atoms with Crippen molar-refractivity contribution in [3.05, 3.63) is 147 Å². The highest BCUT2D eigenvalue weighted by molar-refractivity contribution is 6.37. The van der Waals surface area contributed by atoms with Crippen molar-refractivity contribution in [2.75, 3.05) is 4.90 Å². The van der Waals surface area contributed by atoms with E-state index in [1.807, 2.05) is 0 Å². The zero-order valence-electron chi connectivity index (χ0n) is 22.6. The van der Waals surface area contributed by atoms with E-state index in [0.717, 1.165) is 4.90 Å². The number of hydrogen-bond donors (Lipinski definition) is 0. The van der Waals surface area contributed by atoms with Crippen LogP contribution in [0.4, 0.5) is 11.4 Å². The summed E-state index contributed by atoms with van der Waals surface area (Å²) in [6.07, 6.45) is -1.42. The van der Waals surface area contributed by atoms with Gasteiger partial charge in [0.25, 0.3) is 17.5 Å². The van der Waals surface area contributed by atoms with Crippen molar-refractivity contribution < 1.29 is 28.8 Å². The number of benzene rings is 4. The number of hydrogen-bond acceptors (Lipinski definition) is 8. The van der Waals surface area contributed by atoms with Crippen molar-refractivity contribution in [1.82, 2.24) is 4.98 Å². The minimum Gasteiger partial charge on any atom is -0.445 e. The number of pyridine rings is 1. The first kappa shape index (κ1) is 27.2. The minimum absolute atomic E-state index is 0.0125. The molecule has 1 aromatic heterocycles. The number of ketones is 1. The number of rotatable bonds is 7. The van der Waals surface area contributed by atoms with E-state index < -0.39 is 34.6 Å². The Labute approximate surface area is 244 Å². The van der Waals surface area contributed by atoms with Crippen molar-refractivity contribution in [3.8, 4) is 0 Å². The molecular formula is C33H21N3O7. The first-order valence-electron chi connectivity index (χ1n) is 13.2. The molecule has 210 valence electrons. The molecule has 1 atom stereocenters. The van der Waals surface area contributed by atoms with Crippen molar-refractivity contribution in [2.45, 2.75) is 13.0 Å². The van der Waals surface area contributed by atoms with Gasteiger partial charge in [-0.2, -0.15) is 0 Å². The highest BCUT2D eigenvalue weighted by Gasteiger charge is 2.40. The molecule has 5 aromatic rings. The number of carbonyl (C=O) groups is 4. The van der Waals surface area contributed by atoms with Crippen LogP contribution in [0.5, 0.6) is 0 Å². The van der Waals surface area contributed by atoms with Crippen LogP contribution in [0.25, 0.3) is 10.9 Å². The first-order valence-corrected chi connectivity index (χ1v) is 13.2. The third-order valence-electron chi connectivity index (χ3n) is 7.18. The number of non-ortho nitro benzene ring substituents is 1. The molecule has 0 N–H and O–H groups in total. The lowest BCUT2D eigenvalue weighted by Crippen LogP contribution is -2.29. The highest BCUT2D eigenvalue weighted by atomic mass is 16.6. The number of para-hydroxylation sites is 1. The number of aromatic nitrogens is 1. The molecule has 0 bridgehead atoms. The van der Waals surface area contributed by atoms with Gasteiger partial charge in [0.15, 0.2) is 6.10 Å². The number of fused-ring (bicyclic) bond motifs is 3. The Morgan fingerprint density at radius 1 is 0.814 bits per heavy atom. The average Bonchev–Trinajstić information content (AvgIpc) is 3.30. The van der Waals surface area contributed by atoms with E-state index in [4.69, 9.17) is 4.74 Å². The first-order chi connectivity index (χ1) is 20.7. The summed E-state index contributed by atoms with van der Waals surface area (Å²) in [5, 5.41) is 11.7. The van der Waals surface area contributed by atoms with E-state index in [1.54, 1.807) is 61.5 Å². The maximum Gasteiger partial charge on any atom is 0.339 e. The van der Waals surface area contributed by atoms with Crippen molar-refractivity contribution in [1.29, 1.82) is 0 Å². The highest BCUT2D eigenvalue weighted by Crippen LogP contribution is 2.35. The lowest BCUT2D eigenvalue weighted by atomic mass is 9.99. The molecule has 1 unspecified atom stereocenters. The second-order valence-electron chi connectivity index (χ2n) is 9.82. The van der Waals surface area contributed by atoms with E-state index in [0.29, 0.717) is 16.6 Å². The number of esters is 1. The predicted octanol–water partition coefficient (Wildman–Crippen LogP) is 6.03. The molecule has 2 amide bonds. The summed E-state index contributed by atoms with van der Waals surface area (Å²) in [5.74, 6) is -2.54. The third kappa shape index (κ3) is 4.80. The summed E-state index contributed by atoms with van der Waals surface area (Å²) in [6.45, 7) is 1.66. The summed E-state index contributed by atoms with van der Waals surface area (Å²) in [6, 6.07) is 26.2. The molecule has 0 radical (unpaired) electrons. The molecule has 2 heterocycles. The molecule has 10 nitrogen and oxygen atoms in total. The second-order valence-corrected chi connectivity index (χ2v) is 9.82. The maximum atomic E-state index is 13.6. The van der Waals surface area contributed by atoms with Crippen LogP contribution >= 0.6 is 0 Å². The lowest BCUT2D eigenvalue weighted by molar-refractivity contribution is -0.384. The van der Waals surface area contributed by atoms with Gasteiger partial charge in [0.1, 0.15) is 0 Å². The molecule has 43 heavy (non-hydrogen) atoms. The van der Waals surface area contributed by atoms with E-state index in [9.17, 15) is 29.3 Å². The molecule has 0 saturated carbocycles. The Bertz CT molecular complexity index is 1970. The van der Waals surface area contributed by atoms with Crippen LogP contribution in [-0.4, -0.2) is 33.5 Å². The number of amides is 2. The molecular weight excluding hydrogens is 550 g/mol. The van der Waals surface area contributed by atoms with E-state index >= 15 is 0 Å². The number of ether oxygens (including phenoxy) is 1. The molecule has 4 aromatic carbocycles. The van der Waals surface area contributed by atoms with E-state index in [-0.39, 0.29) is 39.2 Å². The fraction of sp³-hybridized carbons (Fsp3) is 0.0606. The molecule has 0 aliphatic carbocycles. The summed E-state index contributed by atoms with van der Waals surface area (Å²) < 4.78 is 5.69. The standard InChI is InChI=1S/C33H21N3O7/c1-19-27-28(25-12-5-6-13-26(25)34-19)32(39)35(31(27)38)24-11-7-10-22(18-24)33(40)43-30(29(37)20-8-3-2-4-9-20)21-14-16-23(17-15-21)36(41)42/h2-18,30H,1H3. The zero-order chi connectivity index (χ0) is 30.2. The van der Waals surface area contributed by atoms with Crippen LogP contribution in [0.15, 0.2) is 103 Å². The number of nitro benzene ring substituents is 1. The second kappa shape index (κ2) is 10.7. The van der Waals surface area contributed by atoms with Gasteiger partial charge >= 0.3 is 5.97 Å². The number of aryl methyl sites for hydroxylation is 1. The van der Waals surface area contributed by atoms with Gasteiger partial charge in [-0.15, -0.1) is 0 Å². The summed E-state index contributed by atoms with van der Waals surface area (Å²) in [5.41, 5.74) is 1.89. The van der Waals surface area contributed by atoms with Gasteiger partial charge < -0.3 is 4.74 Å². The van der Waals surface area contributed by atoms with Crippen LogP contribution in [0, 0.1) is 17.0 Å². The zero-order valence-corrected chi connectivity index (χ0v) is 22.6. The number of nitro groups is 1. The number of imide groups is 1. The van der Waals surface area contributed by atoms with Gasteiger partial charge in [-0.25, -0.2) is 9.69 Å². The van der Waals surface area contributed by atoms with Gasteiger partial charge in [-0.3, -0.25) is 29.5 Å². The predicted molar refractivity (Wildman–Crippen MR) is 156 cm³/mol. The Morgan fingerprint density at radius 2 is 1.47 bits per heavy atom. The van der Waals surface area contributed by atoms with Crippen molar-refractivity contribution >= 4 is 45.8 Å². The van der Waals surface area contributed by atoms with Crippen LogP contribution in [0.3, 0.4) is 0 Å². The lowest BCUT2D eigenvalue weighted by Gasteiger charge is -2.19. The van der Waals surface area contributed by atoms with Crippen molar-refractivity contribution in [2.24, 2.45) is 0 Å². The summed E-state index contributed by atoms with van der Waals surface area (Å²) in [4.78, 5) is 70.0. The third-order valence-corrected chi connectivity index (χ3v) is 7.18. The minimum atomic E-state index is -1.42. The van der Waals surface area contributed by atoms with Gasteiger partial charge in [0.2, 0.25) is 5.78 Å². The fourth-order valence-corrected chi connectivity index (χ4v) is 5.11. The van der Waals surface area contributed by atoms with Crippen molar-refractivity contribution in [3.63, 3.8) is 0 Å². The Morgan fingerprint density at radius 3 is 2.19 bits per heavy atom. The Balaban J connectivity index is 1.33. The van der Waals surface area contributed by atoms with Crippen LogP contribution in [-0.2, 0) is 4.74 Å². The van der Waals surface area contributed by atoms with Gasteiger partial charge in [0.05, 0.1) is 38.5 Å². The topological polar surface area (TPSA) is 137 Å². The molecule has 10 heteroatoms. The molecule has 0 saturated heterocycles. The van der Waals surface area contributed by atoms with Gasteiger partial charge in [-0.1, -0.05) is 54.6 Å². The summed E-state index contributed by atoms with van der Waals surface area (Å²) >= 11 is 0.